The number of carbonyl (C=O) groups excluding carboxylic acids is 1. The third kappa shape index (κ3) is 3.92. The zero-order chi connectivity index (χ0) is 14.8. The van der Waals surface area contributed by atoms with E-state index < -0.39 is 11.5 Å². The standard InChI is InChI=1S/C14H18INO3/c1-9-6-5-7-10(12(9)15)13(19)16(8-11(17)18)14(2,3)4/h5-7H,8H2,1-4H3,(H,17,18). The Morgan fingerprint density at radius 1 is 1.32 bits per heavy atom. The van der Waals surface area contributed by atoms with Crippen LogP contribution in [0.2, 0.25) is 0 Å². The van der Waals surface area contributed by atoms with E-state index in [0.29, 0.717) is 5.56 Å². The molecule has 4 nitrogen and oxygen atoms in total. The van der Waals surface area contributed by atoms with Crippen molar-refractivity contribution in [1.82, 2.24) is 4.90 Å². The van der Waals surface area contributed by atoms with Gasteiger partial charge in [0.2, 0.25) is 0 Å². The maximum absolute atomic E-state index is 12.6. The number of rotatable bonds is 3. The third-order valence-corrected chi connectivity index (χ3v) is 4.20. The quantitative estimate of drug-likeness (QED) is 0.827. The summed E-state index contributed by atoms with van der Waals surface area (Å²) >= 11 is 2.12. The molecule has 0 atom stereocenters. The molecule has 1 aromatic rings. The number of carbonyl (C=O) groups is 2. The molecular formula is C14H18INO3. The van der Waals surface area contributed by atoms with Crippen molar-refractivity contribution in [2.24, 2.45) is 0 Å². The summed E-state index contributed by atoms with van der Waals surface area (Å²) in [6, 6.07) is 5.47. The highest BCUT2D eigenvalue weighted by Crippen LogP contribution is 2.22. The van der Waals surface area contributed by atoms with E-state index >= 15 is 0 Å². The topological polar surface area (TPSA) is 57.6 Å². The summed E-state index contributed by atoms with van der Waals surface area (Å²) in [6.45, 7) is 7.12. The molecule has 1 rings (SSSR count). The summed E-state index contributed by atoms with van der Waals surface area (Å²) < 4.78 is 0.865. The van der Waals surface area contributed by atoms with E-state index in [1.807, 2.05) is 39.8 Å². The Kier molecular flexibility index (Phi) is 4.95. The van der Waals surface area contributed by atoms with Gasteiger partial charge < -0.3 is 10.0 Å². The number of benzene rings is 1. The van der Waals surface area contributed by atoms with Crippen LogP contribution in [-0.2, 0) is 4.79 Å². The smallest absolute Gasteiger partial charge is 0.323 e. The molecule has 19 heavy (non-hydrogen) atoms. The molecule has 0 saturated heterocycles. The predicted octanol–water partition coefficient (Wildman–Crippen LogP) is 2.92. The number of hydrogen-bond acceptors (Lipinski definition) is 2. The van der Waals surface area contributed by atoms with Crippen molar-refractivity contribution < 1.29 is 14.7 Å². The van der Waals surface area contributed by atoms with Crippen molar-refractivity contribution in [3.05, 3.63) is 32.9 Å². The molecule has 5 heteroatoms. The molecule has 0 unspecified atom stereocenters. The van der Waals surface area contributed by atoms with Crippen molar-refractivity contribution in [1.29, 1.82) is 0 Å². The van der Waals surface area contributed by atoms with Crippen molar-refractivity contribution in [2.45, 2.75) is 33.2 Å². The molecule has 0 fully saturated rings. The van der Waals surface area contributed by atoms with Crippen LogP contribution in [0.25, 0.3) is 0 Å². The molecule has 0 radical (unpaired) electrons. The van der Waals surface area contributed by atoms with E-state index in [2.05, 4.69) is 22.6 Å². The van der Waals surface area contributed by atoms with Gasteiger partial charge in [0, 0.05) is 9.11 Å². The molecule has 1 amide bonds. The first-order valence-corrected chi connectivity index (χ1v) is 7.01. The Morgan fingerprint density at radius 2 is 1.89 bits per heavy atom. The Morgan fingerprint density at radius 3 is 2.37 bits per heavy atom. The van der Waals surface area contributed by atoms with Gasteiger partial charge in [0.15, 0.2) is 0 Å². The SMILES string of the molecule is Cc1cccc(C(=O)N(CC(=O)O)C(C)(C)C)c1I. The molecule has 0 aromatic heterocycles. The van der Waals surface area contributed by atoms with Crippen molar-refractivity contribution in [2.75, 3.05) is 6.54 Å². The lowest BCUT2D eigenvalue weighted by molar-refractivity contribution is -0.138. The Hall–Kier alpha value is -1.11. The Bertz CT molecular complexity index is 506. The molecule has 0 heterocycles. The minimum absolute atomic E-state index is 0.247. The van der Waals surface area contributed by atoms with Gasteiger partial charge in [-0.1, -0.05) is 12.1 Å². The number of hydrogen-bond donors (Lipinski definition) is 1. The van der Waals surface area contributed by atoms with E-state index in [4.69, 9.17) is 5.11 Å². The molecule has 104 valence electrons. The predicted molar refractivity (Wildman–Crippen MR) is 82.3 cm³/mol. The Labute approximate surface area is 126 Å². The van der Waals surface area contributed by atoms with Gasteiger partial charge in [-0.3, -0.25) is 9.59 Å². The molecular weight excluding hydrogens is 357 g/mol. The van der Waals surface area contributed by atoms with Gasteiger partial charge in [0.05, 0.1) is 5.56 Å². The average Bonchev–Trinajstić information content (AvgIpc) is 2.27. The molecule has 0 spiro atoms. The average molecular weight is 375 g/mol. The first-order valence-electron chi connectivity index (χ1n) is 5.93. The van der Waals surface area contributed by atoms with Gasteiger partial charge in [0.1, 0.15) is 6.54 Å². The van der Waals surface area contributed by atoms with Gasteiger partial charge in [0.25, 0.3) is 5.91 Å². The zero-order valence-electron chi connectivity index (χ0n) is 11.5. The van der Waals surface area contributed by atoms with Gasteiger partial charge in [-0.15, -0.1) is 0 Å². The van der Waals surface area contributed by atoms with Gasteiger partial charge >= 0.3 is 5.97 Å². The maximum Gasteiger partial charge on any atom is 0.323 e. The minimum atomic E-state index is -1.01. The number of halogens is 1. The van der Waals surface area contributed by atoms with Crippen molar-refractivity contribution in [3.8, 4) is 0 Å². The van der Waals surface area contributed by atoms with Crippen LogP contribution >= 0.6 is 22.6 Å². The van der Waals surface area contributed by atoms with Crippen LogP contribution in [0.4, 0.5) is 0 Å². The van der Waals surface area contributed by atoms with E-state index in [9.17, 15) is 9.59 Å². The number of aryl methyl sites for hydroxylation is 1. The summed E-state index contributed by atoms with van der Waals surface area (Å²) in [6.07, 6.45) is 0. The number of carboxylic acids is 1. The van der Waals surface area contributed by atoms with E-state index in [-0.39, 0.29) is 12.5 Å². The first-order chi connectivity index (χ1) is 8.64. The monoisotopic (exact) mass is 375 g/mol. The van der Waals surface area contributed by atoms with Crippen LogP contribution < -0.4 is 0 Å². The fourth-order valence-corrected chi connectivity index (χ4v) is 2.30. The largest absolute Gasteiger partial charge is 0.480 e. The Balaban J connectivity index is 3.20. The zero-order valence-corrected chi connectivity index (χ0v) is 13.7. The molecule has 0 aliphatic rings. The fourth-order valence-electron chi connectivity index (χ4n) is 1.71. The second kappa shape index (κ2) is 5.90. The third-order valence-electron chi connectivity index (χ3n) is 2.77. The van der Waals surface area contributed by atoms with Crippen LogP contribution in [0.5, 0.6) is 0 Å². The summed E-state index contributed by atoms with van der Waals surface area (Å²) in [5.74, 6) is -1.26. The number of nitrogens with zero attached hydrogens (tertiary/aromatic N) is 1. The lowest BCUT2D eigenvalue weighted by Gasteiger charge is -2.34. The summed E-state index contributed by atoms with van der Waals surface area (Å²) in [4.78, 5) is 24.9. The fraction of sp³-hybridized carbons (Fsp3) is 0.429. The summed E-state index contributed by atoms with van der Waals surface area (Å²) in [5.41, 5.74) is 1.02. The van der Waals surface area contributed by atoms with Gasteiger partial charge in [-0.05, 0) is 61.9 Å². The van der Waals surface area contributed by atoms with E-state index in [1.54, 1.807) is 6.07 Å². The number of amides is 1. The second-order valence-corrected chi connectivity index (χ2v) is 6.47. The molecule has 0 aliphatic heterocycles. The first kappa shape index (κ1) is 15.9. The van der Waals surface area contributed by atoms with Crippen LogP contribution in [-0.4, -0.2) is 34.0 Å². The van der Waals surface area contributed by atoms with Crippen LogP contribution in [0.15, 0.2) is 18.2 Å². The maximum atomic E-state index is 12.6. The van der Waals surface area contributed by atoms with Crippen molar-refractivity contribution >= 4 is 34.5 Å². The lowest BCUT2D eigenvalue weighted by atomic mass is 10.0. The van der Waals surface area contributed by atoms with Crippen LogP contribution in [0.3, 0.4) is 0 Å². The van der Waals surface area contributed by atoms with E-state index in [1.165, 1.54) is 4.90 Å². The highest BCUT2D eigenvalue weighted by Gasteiger charge is 2.30. The molecule has 0 bridgehead atoms. The summed E-state index contributed by atoms with van der Waals surface area (Å²) in [5, 5.41) is 8.97. The van der Waals surface area contributed by atoms with Gasteiger partial charge in [-0.25, -0.2) is 0 Å². The highest BCUT2D eigenvalue weighted by molar-refractivity contribution is 14.1. The second-order valence-electron chi connectivity index (χ2n) is 5.39. The number of carboxylic acid groups (broad SMARTS) is 1. The summed E-state index contributed by atoms with van der Waals surface area (Å²) in [7, 11) is 0. The molecule has 0 aliphatic carbocycles. The highest BCUT2D eigenvalue weighted by atomic mass is 127. The van der Waals surface area contributed by atoms with Crippen LogP contribution in [0.1, 0.15) is 36.7 Å². The molecule has 1 aromatic carbocycles. The van der Waals surface area contributed by atoms with Crippen molar-refractivity contribution in [3.63, 3.8) is 0 Å². The van der Waals surface area contributed by atoms with Gasteiger partial charge in [-0.2, -0.15) is 0 Å². The molecule has 0 saturated carbocycles. The van der Waals surface area contributed by atoms with Crippen LogP contribution in [0, 0.1) is 10.5 Å². The number of aliphatic carboxylic acids is 1. The normalized spacial score (nSPS) is 11.2. The lowest BCUT2D eigenvalue weighted by Crippen LogP contribution is -2.48. The van der Waals surface area contributed by atoms with E-state index in [0.717, 1.165) is 9.13 Å². The molecule has 1 N–H and O–H groups in total. The minimum Gasteiger partial charge on any atom is -0.480 e.